The second kappa shape index (κ2) is 5.10. The maximum atomic E-state index is 5.75. The molecule has 0 radical (unpaired) electrons. The van der Waals surface area contributed by atoms with Crippen LogP contribution in [-0.4, -0.2) is 16.6 Å². The number of hydrogen-bond donors (Lipinski definition) is 1. The lowest BCUT2D eigenvalue weighted by molar-refractivity contribution is 0.320. The molecule has 0 aliphatic carbocycles. The average molecular weight is 246 g/mol. The van der Waals surface area contributed by atoms with Crippen LogP contribution in [-0.2, 0) is 0 Å². The number of aromatic nitrogens is 1. The Kier molecular flexibility index (Phi) is 3.54. The van der Waals surface area contributed by atoms with Gasteiger partial charge in [-0.2, -0.15) is 0 Å². The summed E-state index contributed by atoms with van der Waals surface area (Å²) in [6.07, 6.45) is 2.61. The number of nitrogens with two attached hydrogens (primary N) is 1. The summed E-state index contributed by atoms with van der Waals surface area (Å²) in [5.74, 6) is 0.741. The molecule has 0 saturated carbocycles. The van der Waals surface area contributed by atoms with Crippen molar-refractivity contribution in [3.63, 3.8) is 0 Å². The molecule has 0 amide bonds. The number of ether oxygens (including phenoxy) is 1. The van der Waals surface area contributed by atoms with E-state index in [-0.39, 0.29) is 0 Å². The highest BCUT2D eigenvalue weighted by Gasteiger charge is 2.11. The molecule has 0 unspecified atom stereocenters. The Bertz CT molecular complexity index is 554. The molecule has 1 heterocycles. The van der Waals surface area contributed by atoms with Crippen molar-refractivity contribution < 1.29 is 4.74 Å². The summed E-state index contributed by atoms with van der Waals surface area (Å²) in [5, 5.41) is 0.950. The Balaban J connectivity index is 2.61. The quantitative estimate of drug-likeness (QED) is 0.843. The van der Waals surface area contributed by atoms with Gasteiger partial charge >= 0.3 is 0 Å². The van der Waals surface area contributed by atoms with Crippen LogP contribution in [0.1, 0.15) is 18.9 Å². The Morgan fingerprint density at radius 3 is 2.88 bits per heavy atom. The Hall–Kier alpha value is -1.68. The van der Waals surface area contributed by atoms with Crippen LogP contribution >= 0.6 is 12.2 Å². The first-order chi connectivity index (χ1) is 8.24. The first-order valence-electron chi connectivity index (χ1n) is 5.54. The molecule has 0 spiro atoms. The van der Waals surface area contributed by atoms with Crippen molar-refractivity contribution >= 4 is 28.1 Å². The van der Waals surface area contributed by atoms with Crippen LogP contribution in [0.5, 0.6) is 5.75 Å². The molecular formula is C13H14N2OS. The number of benzene rings is 1. The molecule has 3 nitrogen and oxygen atoms in total. The van der Waals surface area contributed by atoms with Gasteiger partial charge in [0.15, 0.2) is 0 Å². The first kappa shape index (κ1) is 11.8. The van der Waals surface area contributed by atoms with E-state index in [1.807, 2.05) is 24.3 Å². The predicted molar refractivity (Wildman–Crippen MR) is 73.4 cm³/mol. The van der Waals surface area contributed by atoms with E-state index >= 15 is 0 Å². The molecule has 0 bridgehead atoms. The van der Waals surface area contributed by atoms with Crippen LogP contribution in [0.25, 0.3) is 10.9 Å². The zero-order valence-electron chi connectivity index (χ0n) is 9.64. The monoisotopic (exact) mass is 246 g/mol. The van der Waals surface area contributed by atoms with E-state index < -0.39 is 0 Å². The molecule has 88 valence electrons. The van der Waals surface area contributed by atoms with E-state index in [1.165, 1.54) is 0 Å². The van der Waals surface area contributed by atoms with Crippen molar-refractivity contribution in [2.75, 3.05) is 6.61 Å². The molecule has 2 aromatic rings. The lowest BCUT2D eigenvalue weighted by Gasteiger charge is -2.12. The van der Waals surface area contributed by atoms with E-state index in [4.69, 9.17) is 22.7 Å². The van der Waals surface area contributed by atoms with Crippen molar-refractivity contribution in [2.45, 2.75) is 13.3 Å². The first-order valence-corrected chi connectivity index (χ1v) is 5.95. The largest absolute Gasteiger partial charge is 0.492 e. The van der Waals surface area contributed by atoms with Gasteiger partial charge in [-0.1, -0.05) is 31.3 Å². The molecule has 4 heteroatoms. The third-order valence-corrected chi connectivity index (χ3v) is 2.66. The number of rotatable bonds is 4. The molecular weight excluding hydrogens is 232 g/mol. The van der Waals surface area contributed by atoms with Crippen LogP contribution in [0.15, 0.2) is 30.5 Å². The Morgan fingerprint density at radius 1 is 1.41 bits per heavy atom. The zero-order valence-corrected chi connectivity index (χ0v) is 10.5. The van der Waals surface area contributed by atoms with E-state index in [1.54, 1.807) is 6.20 Å². The Morgan fingerprint density at radius 2 is 2.18 bits per heavy atom. The molecule has 0 saturated heterocycles. The summed E-state index contributed by atoms with van der Waals surface area (Å²) >= 11 is 5.02. The number of para-hydroxylation sites is 1. The van der Waals surface area contributed by atoms with Crippen molar-refractivity contribution in [2.24, 2.45) is 5.73 Å². The van der Waals surface area contributed by atoms with Gasteiger partial charge < -0.3 is 10.5 Å². The summed E-state index contributed by atoms with van der Waals surface area (Å²) in [6, 6.07) is 7.80. The maximum absolute atomic E-state index is 5.75. The van der Waals surface area contributed by atoms with Crippen molar-refractivity contribution in [3.8, 4) is 5.75 Å². The van der Waals surface area contributed by atoms with Crippen molar-refractivity contribution in [1.82, 2.24) is 4.98 Å². The van der Waals surface area contributed by atoms with Crippen LogP contribution in [0.3, 0.4) is 0 Å². The minimum atomic E-state index is 0.314. The fourth-order valence-corrected chi connectivity index (χ4v) is 1.80. The van der Waals surface area contributed by atoms with Crippen molar-refractivity contribution in [1.29, 1.82) is 0 Å². The van der Waals surface area contributed by atoms with Crippen LogP contribution in [0.4, 0.5) is 0 Å². The maximum Gasteiger partial charge on any atom is 0.140 e. The van der Waals surface area contributed by atoms with Gasteiger partial charge in [-0.25, -0.2) is 0 Å². The van der Waals surface area contributed by atoms with Crippen LogP contribution < -0.4 is 10.5 Å². The summed E-state index contributed by atoms with van der Waals surface area (Å²) < 4.78 is 5.75. The van der Waals surface area contributed by atoms with Gasteiger partial charge in [0.25, 0.3) is 0 Å². The summed E-state index contributed by atoms with van der Waals surface area (Å²) in [5.41, 5.74) is 7.28. The molecule has 0 fully saturated rings. The van der Waals surface area contributed by atoms with E-state index in [0.717, 1.165) is 23.1 Å². The number of nitrogens with zero attached hydrogens (tertiary/aromatic N) is 1. The van der Waals surface area contributed by atoms with Gasteiger partial charge in [-0.3, -0.25) is 4.98 Å². The summed E-state index contributed by atoms with van der Waals surface area (Å²) in [6.45, 7) is 2.70. The third kappa shape index (κ3) is 2.36. The Labute approximate surface area is 106 Å². The lowest BCUT2D eigenvalue weighted by atomic mass is 10.1. The lowest BCUT2D eigenvalue weighted by Crippen LogP contribution is -2.13. The number of fused-ring (bicyclic) bond motifs is 1. The van der Waals surface area contributed by atoms with Gasteiger partial charge in [-0.15, -0.1) is 0 Å². The van der Waals surface area contributed by atoms with E-state index in [2.05, 4.69) is 11.9 Å². The number of hydrogen-bond acceptors (Lipinski definition) is 3. The normalized spacial score (nSPS) is 10.4. The van der Waals surface area contributed by atoms with Gasteiger partial charge in [-0.05, 0) is 18.6 Å². The van der Waals surface area contributed by atoms with Gasteiger partial charge in [0.2, 0.25) is 0 Å². The highest BCUT2D eigenvalue weighted by atomic mass is 32.1. The SMILES string of the molecule is CCCOc1c(C(N)=S)cnc2ccccc12. The van der Waals surface area contributed by atoms with E-state index in [0.29, 0.717) is 17.2 Å². The molecule has 17 heavy (non-hydrogen) atoms. The molecule has 1 aromatic carbocycles. The average Bonchev–Trinajstić information content (AvgIpc) is 2.35. The molecule has 0 aliphatic rings. The molecule has 1 aromatic heterocycles. The number of thiocarbonyl (C=S) groups is 1. The minimum absolute atomic E-state index is 0.314. The van der Waals surface area contributed by atoms with Crippen molar-refractivity contribution in [3.05, 3.63) is 36.0 Å². The predicted octanol–water partition coefficient (Wildman–Crippen LogP) is 2.66. The fourth-order valence-electron chi connectivity index (χ4n) is 1.65. The number of pyridine rings is 1. The highest BCUT2D eigenvalue weighted by Crippen LogP contribution is 2.28. The molecule has 0 aliphatic heterocycles. The second-order valence-corrected chi connectivity index (χ2v) is 4.17. The smallest absolute Gasteiger partial charge is 0.140 e. The van der Waals surface area contributed by atoms with Crippen LogP contribution in [0.2, 0.25) is 0 Å². The van der Waals surface area contributed by atoms with Gasteiger partial charge in [0, 0.05) is 11.6 Å². The highest BCUT2D eigenvalue weighted by molar-refractivity contribution is 7.80. The topological polar surface area (TPSA) is 48.1 Å². The second-order valence-electron chi connectivity index (χ2n) is 3.73. The summed E-state index contributed by atoms with van der Waals surface area (Å²) in [7, 11) is 0. The molecule has 2 rings (SSSR count). The standard InChI is InChI=1S/C13H14N2OS/c1-2-7-16-12-9-5-3-4-6-11(9)15-8-10(12)13(14)17/h3-6,8H,2,7H2,1H3,(H2,14,17). The van der Waals surface area contributed by atoms with Gasteiger partial charge in [0.1, 0.15) is 10.7 Å². The fraction of sp³-hybridized carbons (Fsp3) is 0.231. The van der Waals surface area contributed by atoms with Crippen LogP contribution in [0, 0.1) is 0 Å². The van der Waals surface area contributed by atoms with E-state index in [9.17, 15) is 0 Å². The molecule has 0 atom stereocenters. The molecule has 2 N–H and O–H groups in total. The summed E-state index contributed by atoms with van der Waals surface area (Å²) in [4.78, 5) is 4.64. The minimum Gasteiger partial charge on any atom is -0.492 e. The third-order valence-electron chi connectivity index (χ3n) is 2.44. The zero-order chi connectivity index (χ0) is 12.3. The van der Waals surface area contributed by atoms with Gasteiger partial charge in [0.05, 0.1) is 17.7 Å².